The number of carbonyl (C=O) groups excluding carboxylic acids is 1. The average Bonchev–Trinajstić information content (AvgIpc) is 3.03. The molecule has 3 aromatic rings. The molecule has 0 saturated carbocycles. The molecule has 7 nitrogen and oxygen atoms in total. The van der Waals surface area contributed by atoms with E-state index in [4.69, 9.17) is 16.0 Å². The maximum atomic E-state index is 11.4. The summed E-state index contributed by atoms with van der Waals surface area (Å²) in [7, 11) is 0. The number of hydrogen-bond acceptors (Lipinski definition) is 7. The third-order valence-corrected chi connectivity index (χ3v) is 4.50. The van der Waals surface area contributed by atoms with Crippen LogP contribution >= 0.6 is 23.4 Å². The summed E-state index contributed by atoms with van der Waals surface area (Å²) in [5.41, 5.74) is 0.637. The van der Waals surface area contributed by atoms with Crippen molar-refractivity contribution in [1.82, 2.24) is 10.2 Å². The van der Waals surface area contributed by atoms with Crippen LogP contribution < -0.4 is 0 Å². The van der Waals surface area contributed by atoms with E-state index >= 15 is 0 Å². The van der Waals surface area contributed by atoms with Gasteiger partial charge in [-0.2, -0.15) is 0 Å². The van der Waals surface area contributed by atoms with Crippen molar-refractivity contribution in [3.63, 3.8) is 0 Å². The molecular weight excluding hydrogens is 366 g/mol. The Bertz CT molecular complexity index is 974. The fourth-order valence-electron chi connectivity index (χ4n) is 2.05. The summed E-state index contributed by atoms with van der Waals surface area (Å²) in [6.07, 6.45) is 0. The lowest BCUT2D eigenvalue weighted by atomic mass is 10.1. The Hall–Kier alpha value is -2.71. The third-order valence-electron chi connectivity index (χ3n) is 3.27. The van der Waals surface area contributed by atoms with E-state index in [1.807, 2.05) is 0 Å². The number of nitro benzene ring substituents is 1. The molecule has 0 aliphatic carbocycles. The zero-order chi connectivity index (χ0) is 18.0. The lowest BCUT2D eigenvalue weighted by molar-refractivity contribution is -0.387. The maximum Gasteiger partial charge on any atom is 0.284 e. The standard InChI is InChI=1S/C16H10ClN3O4S/c1-9(21)10-6-7-14(13(8-10)20(22)23)25-16-19-18-15(24-16)11-4-2-3-5-12(11)17/h2-8H,1H3. The molecule has 0 atom stereocenters. The first-order chi connectivity index (χ1) is 12.0. The molecule has 2 aromatic carbocycles. The van der Waals surface area contributed by atoms with Crippen LogP contribution in [0.2, 0.25) is 5.02 Å². The number of ketones is 1. The summed E-state index contributed by atoms with van der Waals surface area (Å²) < 4.78 is 5.53. The van der Waals surface area contributed by atoms with Crippen LogP contribution in [0, 0.1) is 10.1 Å². The highest BCUT2D eigenvalue weighted by Crippen LogP contribution is 2.36. The molecule has 1 aromatic heterocycles. The number of nitro groups is 1. The maximum absolute atomic E-state index is 11.4. The molecule has 0 fully saturated rings. The van der Waals surface area contributed by atoms with E-state index in [0.29, 0.717) is 15.5 Å². The Kier molecular flexibility index (Phi) is 4.82. The Morgan fingerprint density at radius 2 is 2.00 bits per heavy atom. The number of benzene rings is 2. The molecule has 0 bridgehead atoms. The van der Waals surface area contributed by atoms with Crippen LogP contribution in [0.15, 0.2) is 57.0 Å². The Morgan fingerprint density at radius 3 is 2.68 bits per heavy atom. The van der Waals surface area contributed by atoms with Gasteiger partial charge in [0.05, 0.1) is 20.4 Å². The van der Waals surface area contributed by atoms with Gasteiger partial charge in [-0.05, 0) is 43.0 Å². The summed E-state index contributed by atoms with van der Waals surface area (Å²) in [6.45, 7) is 1.35. The molecule has 0 saturated heterocycles. The van der Waals surface area contributed by atoms with Crippen LogP contribution in [-0.2, 0) is 0 Å². The van der Waals surface area contributed by atoms with Crippen molar-refractivity contribution < 1.29 is 14.1 Å². The number of aromatic nitrogens is 2. The Balaban J connectivity index is 1.92. The first-order valence-corrected chi connectivity index (χ1v) is 8.21. The second-order valence-corrected chi connectivity index (χ2v) is 6.35. The average molecular weight is 376 g/mol. The second-order valence-electron chi connectivity index (χ2n) is 4.95. The molecule has 0 radical (unpaired) electrons. The number of hydrogen-bond donors (Lipinski definition) is 0. The van der Waals surface area contributed by atoms with Gasteiger partial charge in [-0.3, -0.25) is 14.9 Å². The van der Waals surface area contributed by atoms with E-state index in [2.05, 4.69) is 10.2 Å². The number of Topliss-reactive ketones (excluding diaryl/α,β-unsaturated/α-hetero) is 1. The first kappa shape index (κ1) is 17.1. The predicted octanol–water partition coefficient (Wildman–Crippen LogP) is 4.65. The van der Waals surface area contributed by atoms with E-state index in [1.54, 1.807) is 24.3 Å². The molecule has 0 spiro atoms. The van der Waals surface area contributed by atoms with Crippen LogP contribution in [-0.4, -0.2) is 20.9 Å². The molecular formula is C16H10ClN3O4S. The molecule has 0 amide bonds. The van der Waals surface area contributed by atoms with Gasteiger partial charge in [0.15, 0.2) is 5.78 Å². The van der Waals surface area contributed by atoms with Crippen LogP contribution in [0.3, 0.4) is 0 Å². The van der Waals surface area contributed by atoms with Crippen molar-refractivity contribution in [2.75, 3.05) is 0 Å². The summed E-state index contributed by atoms with van der Waals surface area (Å²) in [5, 5.41) is 19.6. The van der Waals surface area contributed by atoms with Crippen molar-refractivity contribution in [3.8, 4) is 11.5 Å². The zero-order valence-electron chi connectivity index (χ0n) is 12.8. The van der Waals surface area contributed by atoms with Gasteiger partial charge in [-0.15, -0.1) is 10.2 Å². The van der Waals surface area contributed by atoms with E-state index in [1.165, 1.54) is 25.1 Å². The Morgan fingerprint density at radius 1 is 1.24 bits per heavy atom. The van der Waals surface area contributed by atoms with Gasteiger partial charge in [-0.1, -0.05) is 23.7 Å². The van der Waals surface area contributed by atoms with Crippen molar-refractivity contribution in [3.05, 3.63) is 63.2 Å². The van der Waals surface area contributed by atoms with Gasteiger partial charge < -0.3 is 4.42 Å². The minimum atomic E-state index is -0.555. The molecule has 1 heterocycles. The molecule has 0 aliphatic rings. The fourth-order valence-corrected chi connectivity index (χ4v) is 3.03. The summed E-state index contributed by atoms with van der Waals surface area (Å²) in [6, 6.07) is 11.2. The number of nitrogens with zero attached hydrogens (tertiary/aromatic N) is 3. The molecule has 25 heavy (non-hydrogen) atoms. The lowest BCUT2D eigenvalue weighted by Crippen LogP contribution is -1.97. The molecule has 126 valence electrons. The topological polar surface area (TPSA) is 99.1 Å². The monoisotopic (exact) mass is 375 g/mol. The predicted molar refractivity (Wildman–Crippen MR) is 92.0 cm³/mol. The van der Waals surface area contributed by atoms with Crippen LogP contribution in [0.5, 0.6) is 0 Å². The van der Waals surface area contributed by atoms with Gasteiger partial charge in [-0.25, -0.2) is 0 Å². The van der Waals surface area contributed by atoms with Crippen molar-refractivity contribution >= 4 is 34.8 Å². The van der Waals surface area contributed by atoms with Gasteiger partial charge in [0.2, 0.25) is 5.89 Å². The van der Waals surface area contributed by atoms with E-state index in [-0.39, 0.29) is 28.1 Å². The van der Waals surface area contributed by atoms with Crippen LogP contribution in [0.25, 0.3) is 11.5 Å². The van der Waals surface area contributed by atoms with E-state index in [9.17, 15) is 14.9 Å². The molecule has 0 aliphatic heterocycles. The largest absolute Gasteiger partial charge is 0.411 e. The minimum absolute atomic E-state index is 0.133. The highest BCUT2D eigenvalue weighted by molar-refractivity contribution is 7.99. The first-order valence-electron chi connectivity index (χ1n) is 7.01. The van der Waals surface area contributed by atoms with Crippen molar-refractivity contribution in [2.45, 2.75) is 17.0 Å². The fraction of sp³-hybridized carbons (Fsp3) is 0.0625. The molecule has 9 heteroatoms. The molecule has 3 rings (SSSR count). The summed E-state index contributed by atoms with van der Waals surface area (Å²) in [5.74, 6) is -0.0328. The third kappa shape index (κ3) is 3.70. The van der Waals surface area contributed by atoms with Crippen LogP contribution in [0.4, 0.5) is 5.69 Å². The highest BCUT2D eigenvalue weighted by atomic mass is 35.5. The normalized spacial score (nSPS) is 10.6. The second kappa shape index (κ2) is 7.04. The van der Waals surface area contributed by atoms with Gasteiger partial charge in [0.25, 0.3) is 10.9 Å². The van der Waals surface area contributed by atoms with Gasteiger partial charge in [0.1, 0.15) is 0 Å². The summed E-state index contributed by atoms with van der Waals surface area (Å²) in [4.78, 5) is 22.4. The highest BCUT2D eigenvalue weighted by Gasteiger charge is 2.20. The van der Waals surface area contributed by atoms with Gasteiger partial charge in [0, 0.05) is 11.6 Å². The van der Waals surface area contributed by atoms with Crippen molar-refractivity contribution in [2.24, 2.45) is 0 Å². The van der Waals surface area contributed by atoms with Crippen molar-refractivity contribution in [1.29, 1.82) is 0 Å². The minimum Gasteiger partial charge on any atom is -0.411 e. The smallest absolute Gasteiger partial charge is 0.284 e. The quantitative estimate of drug-likeness (QED) is 0.363. The number of rotatable bonds is 5. The lowest BCUT2D eigenvalue weighted by Gasteiger charge is -2.02. The SMILES string of the molecule is CC(=O)c1ccc(Sc2nnc(-c3ccccc3Cl)o2)c([N+](=O)[O-])c1. The molecule has 0 N–H and O–H groups in total. The number of carbonyl (C=O) groups is 1. The van der Waals surface area contributed by atoms with E-state index < -0.39 is 4.92 Å². The summed E-state index contributed by atoms with van der Waals surface area (Å²) >= 11 is 7.03. The van der Waals surface area contributed by atoms with E-state index in [0.717, 1.165) is 11.8 Å². The van der Waals surface area contributed by atoms with Gasteiger partial charge >= 0.3 is 0 Å². The van der Waals surface area contributed by atoms with Crippen LogP contribution in [0.1, 0.15) is 17.3 Å². The zero-order valence-corrected chi connectivity index (χ0v) is 14.4. The molecule has 0 unspecified atom stereocenters. The number of halogens is 1. The Labute approximate surface area is 151 Å².